The molecule has 5 heteroatoms. The lowest BCUT2D eigenvalue weighted by molar-refractivity contribution is -0.127. The van der Waals surface area contributed by atoms with Crippen LogP contribution in [0.2, 0.25) is 0 Å². The van der Waals surface area contributed by atoms with Crippen LogP contribution < -0.4 is 15.4 Å². The second-order valence-electron chi connectivity index (χ2n) is 5.01. The lowest BCUT2D eigenvalue weighted by Crippen LogP contribution is -2.41. The molecule has 1 rings (SSSR count). The molecule has 0 aliphatic carbocycles. The Balaban J connectivity index is 2.39. The predicted octanol–water partition coefficient (Wildman–Crippen LogP) is 1.32. The molecule has 0 aliphatic rings. The van der Waals surface area contributed by atoms with Crippen LogP contribution in [-0.4, -0.2) is 31.0 Å². The zero-order valence-electron chi connectivity index (χ0n) is 12.4. The van der Waals surface area contributed by atoms with E-state index < -0.39 is 0 Å². The molecule has 0 heterocycles. The Bertz CT molecular complexity index is 464. The minimum Gasteiger partial charge on any atom is -0.483 e. The summed E-state index contributed by atoms with van der Waals surface area (Å²) in [7, 11) is 0. The van der Waals surface area contributed by atoms with Gasteiger partial charge in [0, 0.05) is 6.04 Å². The molecule has 0 radical (unpaired) electrons. The number of rotatable bonds is 6. The van der Waals surface area contributed by atoms with Gasteiger partial charge in [0.15, 0.2) is 6.61 Å². The van der Waals surface area contributed by atoms with Crippen LogP contribution in [0, 0.1) is 13.8 Å². The molecule has 0 unspecified atom stereocenters. The molecule has 0 aliphatic heterocycles. The third-order valence-corrected chi connectivity index (χ3v) is 2.65. The van der Waals surface area contributed by atoms with E-state index in [1.807, 2.05) is 45.9 Å². The average molecular weight is 278 g/mol. The number of para-hydroxylation sites is 1. The molecule has 0 bridgehead atoms. The topological polar surface area (TPSA) is 67.4 Å². The molecular weight excluding hydrogens is 256 g/mol. The van der Waals surface area contributed by atoms with Crippen molar-refractivity contribution in [1.82, 2.24) is 10.6 Å². The second kappa shape index (κ2) is 7.53. The number of aryl methyl sites for hydroxylation is 2. The molecule has 2 N–H and O–H groups in total. The maximum atomic E-state index is 11.6. The second-order valence-corrected chi connectivity index (χ2v) is 5.01. The van der Waals surface area contributed by atoms with Gasteiger partial charge in [0.25, 0.3) is 5.91 Å². The van der Waals surface area contributed by atoms with Crippen LogP contribution in [0.4, 0.5) is 0 Å². The number of hydrogen-bond acceptors (Lipinski definition) is 3. The van der Waals surface area contributed by atoms with Gasteiger partial charge in [-0.1, -0.05) is 18.2 Å². The van der Waals surface area contributed by atoms with Gasteiger partial charge < -0.3 is 15.4 Å². The molecule has 2 amide bonds. The van der Waals surface area contributed by atoms with Crippen molar-refractivity contribution in [3.63, 3.8) is 0 Å². The molecule has 0 spiro atoms. The van der Waals surface area contributed by atoms with Gasteiger partial charge in [-0.15, -0.1) is 0 Å². The molecule has 1 aromatic rings. The van der Waals surface area contributed by atoms with E-state index in [2.05, 4.69) is 10.6 Å². The third-order valence-electron chi connectivity index (χ3n) is 2.65. The Hall–Kier alpha value is -2.04. The smallest absolute Gasteiger partial charge is 0.258 e. The third kappa shape index (κ3) is 5.30. The van der Waals surface area contributed by atoms with Gasteiger partial charge in [-0.25, -0.2) is 0 Å². The molecule has 110 valence electrons. The predicted molar refractivity (Wildman–Crippen MR) is 77.7 cm³/mol. The van der Waals surface area contributed by atoms with Crippen molar-refractivity contribution in [2.24, 2.45) is 0 Å². The zero-order chi connectivity index (χ0) is 15.1. The summed E-state index contributed by atoms with van der Waals surface area (Å²) in [6.45, 7) is 7.45. The Morgan fingerprint density at radius 2 is 1.75 bits per heavy atom. The fourth-order valence-electron chi connectivity index (χ4n) is 1.77. The van der Waals surface area contributed by atoms with E-state index in [0.29, 0.717) is 5.75 Å². The summed E-state index contributed by atoms with van der Waals surface area (Å²) in [6.07, 6.45) is 0. The first kappa shape index (κ1) is 16.0. The van der Waals surface area contributed by atoms with Gasteiger partial charge >= 0.3 is 0 Å². The van der Waals surface area contributed by atoms with Crippen molar-refractivity contribution in [3.8, 4) is 5.75 Å². The van der Waals surface area contributed by atoms with Gasteiger partial charge in [-0.2, -0.15) is 0 Å². The fraction of sp³-hybridized carbons (Fsp3) is 0.467. The maximum Gasteiger partial charge on any atom is 0.258 e. The number of hydrogen-bond donors (Lipinski definition) is 2. The first-order chi connectivity index (χ1) is 9.40. The monoisotopic (exact) mass is 278 g/mol. The first-order valence-corrected chi connectivity index (χ1v) is 6.65. The molecule has 0 atom stereocenters. The average Bonchev–Trinajstić information content (AvgIpc) is 2.35. The lowest BCUT2D eigenvalue weighted by Gasteiger charge is -2.12. The van der Waals surface area contributed by atoms with Crippen molar-refractivity contribution >= 4 is 11.8 Å². The number of nitrogens with one attached hydrogen (secondary N) is 2. The van der Waals surface area contributed by atoms with Crippen LogP contribution in [0.1, 0.15) is 25.0 Å². The Labute approximate surface area is 119 Å². The molecule has 1 aromatic carbocycles. The summed E-state index contributed by atoms with van der Waals surface area (Å²) >= 11 is 0. The lowest BCUT2D eigenvalue weighted by atomic mass is 10.1. The number of carbonyl (C=O) groups excluding carboxylic acids is 2. The first-order valence-electron chi connectivity index (χ1n) is 6.65. The van der Waals surface area contributed by atoms with Crippen molar-refractivity contribution in [2.45, 2.75) is 33.7 Å². The molecular formula is C15H22N2O3. The zero-order valence-corrected chi connectivity index (χ0v) is 12.4. The van der Waals surface area contributed by atoms with Gasteiger partial charge in [0.2, 0.25) is 5.91 Å². The minimum atomic E-state index is -0.313. The van der Waals surface area contributed by atoms with Crippen LogP contribution in [0.15, 0.2) is 18.2 Å². The van der Waals surface area contributed by atoms with E-state index in [4.69, 9.17) is 4.74 Å². The number of carbonyl (C=O) groups is 2. The van der Waals surface area contributed by atoms with Crippen molar-refractivity contribution in [1.29, 1.82) is 0 Å². The molecule has 20 heavy (non-hydrogen) atoms. The van der Waals surface area contributed by atoms with Gasteiger partial charge in [-0.3, -0.25) is 9.59 Å². The highest BCUT2D eigenvalue weighted by Crippen LogP contribution is 2.21. The molecule has 0 fully saturated rings. The van der Waals surface area contributed by atoms with Crippen molar-refractivity contribution in [2.75, 3.05) is 13.2 Å². The normalized spacial score (nSPS) is 10.2. The highest BCUT2D eigenvalue weighted by molar-refractivity contribution is 5.85. The fourth-order valence-corrected chi connectivity index (χ4v) is 1.77. The Kier molecular flexibility index (Phi) is 6.03. The van der Waals surface area contributed by atoms with E-state index in [1.165, 1.54) is 0 Å². The van der Waals surface area contributed by atoms with Crippen LogP contribution >= 0.6 is 0 Å². The van der Waals surface area contributed by atoms with Crippen LogP contribution in [0.5, 0.6) is 5.75 Å². The highest BCUT2D eigenvalue weighted by atomic mass is 16.5. The van der Waals surface area contributed by atoms with Gasteiger partial charge in [-0.05, 0) is 38.8 Å². The number of ether oxygens (including phenoxy) is 1. The van der Waals surface area contributed by atoms with E-state index in [0.717, 1.165) is 11.1 Å². The summed E-state index contributed by atoms with van der Waals surface area (Å²) in [5.74, 6) is 0.196. The van der Waals surface area contributed by atoms with Crippen molar-refractivity contribution in [3.05, 3.63) is 29.3 Å². The van der Waals surface area contributed by atoms with Crippen molar-refractivity contribution < 1.29 is 14.3 Å². The molecule has 0 saturated carbocycles. The summed E-state index contributed by atoms with van der Waals surface area (Å²) in [6, 6.07) is 5.85. The van der Waals surface area contributed by atoms with Gasteiger partial charge in [0.05, 0.1) is 6.54 Å². The van der Waals surface area contributed by atoms with E-state index in [-0.39, 0.29) is 31.0 Å². The van der Waals surface area contributed by atoms with Crippen LogP contribution in [0.25, 0.3) is 0 Å². The van der Waals surface area contributed by atoms with E-state index >= 15 is 0 Å². The molecule has 5 nitrogen and oxygen atoms in total. The number of benzene rings is 1. The number of amides is 2. The minimum absolute atomic E-state index is 0.0346. The Morgan fingerprint density at radius 3 is 2.30 bits per heavy atom. The summed E-state index contributed by atoms with van der Waals surface area (Å²) in [5, 5.41) is 5.22. The molecule has 0 aromatic heterocycles. The quantitative estimate of drug-likeness (QED) is 0.824. The standard InChI is InChI=1S/C15H22N2O3/c1-10(2)17-13(18)8-16-14(19)9-20-15-11(3)6-5-7-12(15)4/h5-7,10H,8-9H2,1-4H3,(H,16,19)(H,17,18). The van der Waals surface area contributed by atoms with Crippen LogP contribution in [-0.2, 0) is 9.59 Å². The SMILES string of the molecule is Cc1cccc(C)c1OCC(=O)NCC(=O)NC(C)C. The highest BCUT2D eigenvalue weighted by Gasteiger charge is 2.09. The molecule has 0 saturated heterocycles. The summed E-state index contributed by atoms with van der Waals surface area (Å²) in [5.41, 5.74) is 1.96. The van der Waals surface area contributed by atoms with E-state index in [9.17, 15) is 9.59 Å². The maximum absolute atomic E-state index is 11.6. The van der Waals surface area contributed by atoms with Gasteiger partial charge in [0.1, 0.15) is 5.75 Å². The summed E-state index contributed by atoms with van der Waals surface area (Å²) in [4.78, 5) is 23.0. The summed E-state index contributed by atoms with van der Waals surface area (Å²) < 4.78 is 5.50. The van der Waals surface area contributed by atoms with Crippen LogP contribution in [0.3, 0.4) is 0 Å². The van der Waals surface area contributed by atoms with E-state index in [1.54, 1.807) is 0 Å². The Morgan fingerprint density at radius 1 is 1.15 bits per heavy atom. The largest absolute Gasteiger partial charge is 0.483 e.